The van der Waals surface area contributed by atoms with Crippen LogP contribution in [0.25, 0.3) is 0 Å². The minimum atomic E-state index is -0.632. The van der Waals surface area contributed by atoms with E-state index in [1.54, 1.807) is 0 Å². The highest BCUT2D eigenvalue weighted by Crippen LogP contribution is 2.35. The summed E-state index contributed by atoms with van der Waals surface area (Å²) in [4.78, 5) is 21.6. The molecule has 17 heavy (non-hydrogen) atoms. The van der Waals surface area contributed by atoms with Gasteiger partial charge in [-0.05, 0) is 24.8 Å². The van der Waals surface area contributed by atoms with Gasteiger partial charge < -0.3 is 10.4 Å². The van der Waals surface area contributed by atoms with Crippen LogP contribution in [-0.2, 0) is 4.79 Å². The number of hydrogen-bond donors (Lipinski definition) is 2. The molecule has 0 radical (unpaired) electrons. The third-order valence-corrected chi connectivity index (χ3v) is 2.65. The van der Waals surface area contributed by atoms with E-state index in [2.05, 4.69) is 5.32 Å². The van der Waals surface area contributed by atoms with Gasteiger partial charge in [-0.15, -0.1) is 0 Å². The lowest BCUT2D eigenvalue weighted by molar-refractivity contribution is -0.384. The molecule has 0 spiro atoms. The van der Waals surface area contributed by atoms with Crippen molar-refractivity contribution in [1.29, 1.82) is 0 Å². The van der Waals surface area contributed by atoms with Gasteiger partial charge in [0.1, 0.15) is 5.75 Å². The molecule has 1 fully saturated rings. The number of rotatable bonds is 4. The van der Waals surface area contributed by atoms with Gasteiger partial charge in [-0.2, -0.15) is 0 Å². The number of carbonyl (C=O) groups is 1. The first-order chi connectivity index (χ1) is 8.08. The predicted octanol–water partition coefficient (Wildman–Crippen LogP) is 2.04. The largest absolute Gasteiger partial charge is 0.505 e. The lowest BCUT2D eigenvalue weighted by atomic mass is 10.2. The Labute approximate surface area is 97.4 Å². The van der Waals surface area contributed by atoms with Crippen LogP contribution in [0, 0.1) is 16.0 Å². The summed E-state index contributed by atoms with van der Waals surface area (Å²) in [6.45, 7) is 0. The molecule has 0 bridgehead atoms. The van der Waals surface area contributed by atoms with E-state index in [1.165, 1.54) is 18.2 Å². The van der Waals surface area contributed by atoms with Gasteiger partial charge in [0.15, 0.2) is 5.69 Å². The monoisotopic (exact) mass is 236 g/mol. The molecule has 1 amide bonds. The molecular weight excluding hydrogens is 224 g/mol. The molecule has 0 heterocycles. The second-order valence-corrected chi connectivity index (χ2v) is 4.12. The Hall–Kier alpha value is -2.11. The van der Waals surface area contributed by atoms with Crippen molar-refractivity contribution in [2.24, 2.45) is 5.92 Å². The molecule has 0 aliphatic heterocycles. The van der Waals surface area contributed by atoms with Crippen LogP contribution in [0.15, 0.2) is 18.2 Å². The first-order valence-corrected chi connectivity index (χ1v) is 5.34. The van der Waals surface area contributed by atoms with Gasteiger partial charge in [-0.25, -0.2) is 0 Å². The molecule has 0 saturated heterocycles. The quantitative estimate of drug-likeness (QED) is 0.475. The predicted molar refractivity (Wildman–Crippen MR) is 60.7 cm³/mol. The SMILES string of the molecule is O=C(CC1CC1)Nc1c(O)cccc1[N+](=O)[O-]. The van der Waals surface area contributed by atoms with Crippen LogP contribution in [0.5, 0.6) is 5.75 Å². The average molecular weight is 236 g/mol. The summed E-state index contributed by atoms with van der Waals surface area (Å²) >= 11 is 0. The highest BCUT2D eigenvalue weighted by Gasteiger charge is 2.26. The summed E-state index contributed by atoms with van der Waals surface area (Å²) in [6, 6.07) is 3.91. The van der Waals surface area contributed by atoms with E-state index in [-0.39, 0.29) is 23.0 Å². The fraction of sp³-hybridized carbons (Fsp3) is 0.364. The number of nitro groups is 1. The first-order valence-electron chi connectivity index (χ1n) is 5.34. The maximum Gasteiger partial charge on any atom is 0.296 e. The van der Waals surface area contributed by atoms with Crippen molar-refractivity contribution < 1.29 is 14.8 Å². The van der Waals surface area contributed by atoms with Crippen molar-refractivity contribution >= 4 is 17.3 Å². The van der Waals surface area contributed by atoms with Crippen LogP contribution < -0.4 is 5.32 Å². The first kappa shape index (κ1) is 11.4. The summed E-state index contributed by atoms with van der Waals surface area (Å²) in [5.74, 6) is -0.194. The van der Waals surface area contributed by atoms with Gasteiger partial charge in [0.05, 0.1) is 4.92 Å². The molecule has 90 valence electrons. The number of anilines is 1. The fourth-order valence-electron chi connectivity index (χ4n) is 1.58. The van der Waals surface area contributed by atoms with Gasteiger partial charge in [0, 0.05) is 12.5 Å². The van der Waals surface area contributed by atoms with Gasteiger partial charge in [0.25, 0.3) is 5.69 Å². The highest BCUT2D eigenvalue weighted by atomic mass is 16.6. The van der Waals surface area contributed by atoms with E-state index >= 15 is 0 Å². The zero-order valence-electron chi connectivity index (χ0n) is 9.05. The van der Waals surface area contributed by atoms with Crippen molar-refractivity contribution in [1.82, 2.24) is 0 Å². The van der Waals surface area contributed by atoms with E-state index in [0.717, 1.165) is 12.8 Å². The number of carbonyl (C=O) groups excluding carboxylic acids is 1. The van der Waals surface area contributed by atoms with Crippen molar-refractivity contribution in [3.63, 3.8) is 0 Å². The minimum Gasteiger partial charge on any atom is -0.505 e. The molecule has 0 atom stereocenters. The fourth-order valence-corrected chi connectivity index (χ4v) is 1.58. The van der Waals surface area contributed by atoms with Crippen LogP contribution in [0.1, 0.15) is 19.3 Å². The second kappa shape index (κ2) is 4.40. The molecule has 0 unspecified atom stereocenters. The maximum atomic E-state index is 11.5. The number of hydrogen-bond acceptors (Lipinski definition) is 4. The van der Waals surface area contributed by atoms with Gasteiger partial charge in [0.2, 0.25) is 5.91 Å². The smallest absolute Gasteiger partial charge is 0.296 e. The van der Waals surface area contributed by atoms with E-state index in [9.17, 15) is 20.0 Å². The number of para-hydroxylation sites is 1. The summed E-state index contributed by atoms with van der Waals surface area (Å²) < 4.78 is 0. The summed E-state index contributed by atoms with van der Waals surface area (Å²) in [5, 5.41) is 22.7. The zero-order chi connectivity index (χ0) is 12.4. The maximum absolute atomic E-state index is 11.5. The molecule has 0 aromatic heterocycles. The number of phenolic OH excluding ortho intramolecular Hbond substituents is 1. The molecular formula is C11H12N2O4. The number of amides is 1. The lowest BCUT2D eigenvalue weighted by Crippen LogP contribution is -2.13. The third-order valence-electron chi connectivity index (χ3n) is 2.65. The summed E-state index contributed by atoms with van der Waals surface area (Å²) in [6.07, 6.45) is 2.40. The van der Waals surface area contributed by atoms with Crippen molar-refractivity contribution in [3.8, 4) is 5.75 Å². The topological polar surface area (TPSA) is 92.5 Å². The van der Waals surface area contributed by atoms with Crippen molar-refractivity contribution in [2.75, 3.05) is 5.32 Å². The number of benzene rings is 1. The summed E-state index contributed by atoms with van der Waals surface area (Å²) in [5.41, 5.74) is -0.419. The molecule has 1 aromatic rings. The van der Waals surface area contributed by atoms with Crippen LogP contribution in [0.3, 0.4) is 0 Å². The van der Waals surface area contributed by atoms with Gasteiger partial charge in [-0.1, -0.05) is 6.07 Å². The van der Waals surface area contributed by atoms with Crippen LogP contribution in [-0.4, -0.2) is 15.9 Å². The van der Waals surface area contributed by atoms with Gasteiger partial charge in [-0.3, -0.25) is 14.9 Å². The average Bonchev–Trinajstić information content (AvgIpc) is 3.04. The van der Waals surface area contributed by atoms with Crippen LogP contribution >= 0.6 is 0 Å². The third kappa shape index (κ3) is 2.72. The normalized spacial score (nSPS) is 14.4. The van der Waals surface area contributed by atoms with Gasteiger partial charge >= 0.3 is 0 Å². The molecule has 6 nitrogen and oxygen atoms in total. The molecule has 1 aromatic carbocycles. The molecule has 1 saturated carbocycles. The van der Waals surface area contributed by atoms with Crippen LogP contribution in [0.4, 0.5) is 11.4 Å². The Morgan fingerprint density at radius 3 is 2.82 bits per heavy atom. The van der Waals surface area contributed by atoms with Crippen molar-refractivity contribution in [2.45, 2.75) is 19.3 Å². The summed E-state index contributed by atoms with van der Waals surface area (Å²) in [7, 11) is 0. The Balaban J connectivity index is 2.17. The number of nitrogens with one attached hydrogen (secondary N) is 1. The Kier molecular flexibility index (Phi) is 2.95. The lowest BCUT2D eigenvalue weighted by Gasteiger charge is -2.07. The number of phenols is 1. The number of nitro benzene ring substituents is 1. The Morgan fingerprint density at radius 1 is 1.53 bits per heavy atom. The number of nitrogens with zero attached hydrogens (tertiary/aromatic N) is 1. The molecule has 2 rings (SSSR count). The highest BCUT2D eigenvalue weighted by molar-refractivity contribution is 5.95. The molecule has 2 N–H and O–H groups in total. The standard InChI is InChI=1S/C11H12N2O4/c14-9-3-1-2-8(13(16)17)11(9)12-10(15)6-7-4-5-7/h1-3,7,14H,4-6H2,(H,12,15). The number of aromatic hydroxyl groups is 1. The molecule has 1 aliphatic carbocycles. The second-order valence-electron chi connectivity index (χ2n) is 4.12. The van der Waals surface area contributed by atoms with E-state index in [1.807, 2.05) is 0 Å². The minimum absolute atomic E-state index is 0.122. The Bertz CT molecular complexity index is 469. The van der Waals surface area contributed by atoms with E-state index in [0.29, 0.717) is 12.3 Å². The Morgan fingerprint density at radius 2 is 2.24 bits per heavy atom. The van der Waals surface area contributed by atoms with Crippen LogP contribution in [0.2, 0.25) is 0 Å². The van der Waals surface area contributed by atoms with E-state index < -0.39 is 4.92 Å². The van der Waals surface area contributed by atoms with E-state index in [4.69, 9.17) is 0 Å². The molecule has 1 aliphatic rings. The molecule has 6 heteroatoms. The zero-order valence-corrected chi connectivity index (χ0v) is 9.05. The van der Waals surface area contributed by atoms with Crippen molar-refractivity contribution in [3.05, 3.63) is 28.3 Å².